The maximum absolute atomic E-state index is 12.1. The van der Waals surface area contributed by atoms with Gasteiger partial charge in [-0.1, -0.05) is 0 Å². The topological polar surface area (TPSA) is 59.1 Å². The van der Waals surface area contributed by atoms with Crippen LogP contribution < -0.4 is 4.72 Å². The van der Waals surface area contributed by atoms with Crippen molar-refractivity contribution >= 4 is 58.9 Å². The summed E-state index contributed by atoms with van der Waals surface area (Å²) in [5, 5.41) is 1.71. The Hall–Kier alpha value is -0.440. The molecule has 0 saturated heterocycles. The molecule has 0 fully saturated rings. The number of rotatable bonds is 3. The van der Waals surface area contributed by atoms with Crippen molar-refractivity contribution in [3.63, 3.8) is 0 Å². The number of sulfonamides is 1. The third kappa shape index (κ3) is 2.93. The minimum atomic E-state index is -3.56. The van der Waals surface area contributed by atoms with Crippen molar-refractivity contribution in [2.45, 2.75) is 11.1 Å². The molecule has 0 spiro atoms. The van der Waals surface area contributed by atoms with E-state index in [1.165, 1.54) is 6.20 Å². The molecule has 18 heavy (non-hydrogen) atoms. The highest BCUT2D eigenvalue weighted by atomic mass is 79.9. The lowest BCUT2D eigenvalue weighted by atomic mass is 10.3. The zero-order chi connectivity index (χ0) is 13.3. The largest absolute Gasteiger partial charge is 0.277 e. The van der Waals surface area contributed by atoms with E-state index in [-0.39, 0.29) is 4.21 Å². The first-order valence-electron chi connectivity index (χ1n) is 4.78. The fourth-order valence-electron chi connectivity index (χ4n) is 1.29. The fraction of sp³-hybridized carbons (Fsp3) is 0.100. The molecule has 96 valence electrons. The van der Waals surface area contributed by atoms with Gasteiger partial charge in [0.15, 0.2) is 4.21 Å². The standard InChI is InChI=1S/C10H8Br2N2O2S2/c1-6-4-7(5-13-9(6)12)14-18(15,16)10-8(11)2-3-17-10/h2-5,14H,1H3. The number of aromatic nitrogens is 1. The molecule has 4 nitrogen and oxygen atoms in total. The summed E-state index contributed by atoms with van der Waals surface area (Å²) in [4.78, 5) is 4.05. The molecular weight excluding hydrogens is 404 g/mol. The number of nitrogens with zero attached hydrogens (tertiary/aromatic N) is 1. The first-order chi connectivity index (χ1) is 8.40. The van der Waals surface area contributed by atoms with Crippen molar-refractivity contribution in [1.29, 1.82) is 0 Å². The molecule has 0 saturated carbocycles. The smallest absolute Gasteiger partial charge is 0.272 e. The Bertz CT molecular complexity index is 683. The maximum atomic E-state index is 12.1. The highest BCUT2D eigenvalue weighted by Crippen LogP contribution is 2.29. The van der Waals surface area contributed by atoms with E-state index >= 15 is 0 Å². The molecule has 0 atom stereocenters. The second-order valence-corrected chi connectivity index (χ2v) is 7.89. The zero-order valence-electron chi connectivity index (χ0n) is 9.15. The van der Waals surface area contributed by atoms with E-state index in [0.717, 1.165) is 16.9 Å². The lowest BCUT2D eigenvalue weighted by Crippen LogP contribution is -2.12. The second kappa shape index (κ2) is 5.28. The molecule has 2 aromatic rings. The van der Waals surface area contributed by atoms with Gasteiger partial charge in [-0.25, -0.2) is 13.4 Å². The first-order valence-corrected chi connectivity index (χ1v) is 8.73. The minimum absolute atomic E-state index is 0.253. The van der Waals surface area contributed by atoms with E-state index < -0.39 is 10.0 Å². The third-order valence-electron chi connectivity index (χ3n) is 2.10. The Balaban J connectivity index is 2.34. The van der Waals surface area contributed by atoms with Crippen LogP contribution in [-0.2, 0) is 10.0 Å². The summed E-state index contributed by atoms with van der Waals surface area (Å²) in [7, 11) is -3.56. The second-order valence-electron chi connectivity index (χ2n) is 3.49. The third-order valence-corrected chi connectivity index (χ3v) is 6.98. The van der Waals surface area contributed by atoms with Crippen LogP contribution in [0.5, 0.6) is 0 Å². The Morgan fingerprint density at radius 1 is 1.39 bits per heavy atom. The van der Waals surface area contributed by atoms with E-state index in [9.17, 15) is 8.42 Å². The highest BCUT2D eigenvalue weighted by molar-refractivity contribution is 9.10. The molecule has 0 aliphatic carbocycles. The van der Waals surface area contributed by atoms with Gasteiger partial charge in [-0.3, -0.25) is 4.72 Å². The number of thiophene rings is 1. The Kier molecular flexibility index (Phi) is 4.10. The summed E-state index contributed by atoms with van der Waals surface area (Å²) in [6.07, 6.45) is 1.47. The first kappa shape index (κ1) is 14.0. The molecular formula is C10H8Br2N2O2S2. The van der Waals surface area contributed by atoms with E-state index in [4.69, 9.17) is 0 Å². The van der Waals surface area contributed by atoms with Gasteiger partial charge in [-0.15, -0.1) is 11.3 Å². The van der Waals surface area contributed by atoms with Crippen LogP contribution in [-0.4, -0.2) is 13.4 Å². The zero-order valence-corrected chi connectivity index (χ0v) is 14.0. The van der Waals surface area contributed by atoms with Crippen LogP contribution in [0.3, 0.4) is 0 Å². The van der Waals surface area contributed by atoms with Crippen LogP contribution in [0.25, 0.3) is 0 Å². The number of hydrogen-bond donors (Lipinski definition) is 1. The number of halogens is 2. The molecule has 8 heteroatoms. The van der Waals surface area contributed by atoms with Gasteiger partial charge < -0.3 is 0 Å². The van der Waals surface area contributed by atoms with Crippen LogP contribution in [0, 0.1) is 6.92 Å². The molecule has 0 bridgehead atoms. The molecule has 0 aliphatic heterocycles. The Morgan fingerprint density at radius 2 is 2.11 bits per heavy atom. The molecule has 2 heterocycles. The van der Waals surface area contributed by atoms with Crippen molar-refractivity contribution in [3.8, 4) is 0 Å². The van der Waals surface area contributed by atoms with Crippen molar-refractivity contribution in [3.05, 3.63) is 38.3 Å². The predicted octanol–water partition coefficient (Wildman–Crippen LogP) is 3.78. The molecule has 0 aliphatic rings. The van der Waals surface area contributed by atoms with E-state index in [0.29, 0.717) is 14.8 Å². The SMILES string of the molecule is Cc1cc(NS(=O)(=O)c2sccc2Br)cnc1Br. The van der Waals surface area contributed by atoms with Gasteiger partial charge >= 0.3 is 0 Å². The number of hydrogen-bond acceptors (Lipinski definition) is 4. The van der Waals surface area contributed by atoms with Gasteiger partial charge in [0, 0.05) is 4.47 Å². The number of nitrogens with one attached hydrogen (secondary N) is 1. The van der Waals surface area contributed by atoms with Crippen LogP contribution >= 0.6 is 43.2 Å². The molecule has 0 amide bonds. The molecule has 0 unspecified atom stereocenters. The van der Waals surface area contributed by atoms with Crippen molar-refractivity contribution in [1.82, 2.24) is 4.98 Å². The van der Waals surface area contributed by atoms with Gasteiger partial charge in [0.05, 0.1) is 11.9 Å². The molecule has 0 radical (unpaired) electrons. The molecule has 2 rings (SSSR count). The van der Waals surface area contributed by atoms with Crippen molar-refractivity contribution in [2.24, 2.45) is 0 Å². The van der Waals surface area contributed by atoms with E-state index in [2.05, 4.69) is 41.6 Å². The summed E-state index contributed by atoms with van der Waals surface area (Å²) in [5.74, 6) is 0. The van der Waals surface area contributed by atoms with Crippen LogP contribution in [0.15, 0.2) is 37.0 Å². The average Bonchev–Trinajstić information content (AvgIpc) is 2.70. The number of aryl methyl sites for hydroxylation is 1. The summed E-state index contributed by atoms with van der Waals surface area (Å²) >= 11 is 7.63. The van der Waals surface area contributed by atoms with Gasteiger partial charge in [0.2, 0.25) is 0 Å². The molecule has 0 aromatic carbocycles. The summed E-state index contributed by atoms with van der Waals surface area (Å²) in [6.45, 7) is 1.84. The number of anilines is 1. The van der Waals surface area contributed by atoms with Crippen LogP contribution in [0.1, 0.15) is 5.56 Å². The quantitative estimate of drug-likeness (QED) is 0.781. The van der Waals surface area contributed by atoms with Gasteiger partial charge in [0.1, 0.15) is 4.60 Å². The fourth-order valence-corrected chi connectivity index (χ4v) is 4.88. The molecule has 1 N–H and O–H groups in total. The Morgan fingerprint density at radius 3 is 2.67 bits per heavy atom. The van der Waals surface area contributed by atoms with Crippen LogP contribution in [0.2, 0.25) is 0 Å². The summed E-state index contributed by atoms with van der Waals surface area (Å²) in [6, 6.07) is 3.42. The average molecular weight is 412 g/mol. The minimum Gasteiger partial charge on any atom is -0.277 e. The Labute approximate surface area is 126 Å². The monoisotopic (exact) mass is 410 g/mol. The van der Waals surface area contributed by atoms with Gasteiger partial charge in [-0.2, -0.15) is 0 Å². The predicted molar refractivity (Wildman–Crippen MR) is 79.5 cm³/mol. The number of pyridine rings is 1. The lowest BCUT2D eigenvalue weighted by molar-refractivity contribution is 0.603. The summed E-state index contributed by atoms with van der Waals surface area (Å²) in [5.41, 5.74) is 1.30. The van der Waals surface area contributed by atoms with Crippen LogP contribution in [0.4, 0.5) is 5.69 Å². The van der Waals surface area contributed by atoms with Crippen molar-refractivity contribution < 1.29 is 8.42 Å². The van der Waals surface area contributed by atoms with Gasteiger partial charge in [-0.05, 0) is 61.9 Å². The summed E-state index contributed by atoms with van der Waals surface area (Å²) < 4.78 is 28.2. The molecule has 2 aromatic heterocycles. The van der Waals surface area contributed by atoms with E-state index in [1.54, 1.807) is 17.5 Å². The lowest BCUT2D eigenvalue weighted by Gasteiger charge is -2.07. The normalized spacial score (nSPS) is 11.5. The van der Waals surface area contributed by atoms with Gasteiger partial charge in [0.25, 0.3) is 10.0 Å². The van der Waals surface area contributed by atoms with Crippen molar-refractivity contribution in [2.75, 3.05) is 4.72 Å². The highest BCUT2D eigenvalue weighted by Gasteiger charge is 2.19. The van der Waals surface area contributed by atoms with E-state index in [1.807, 2.05) is 6.92 Å². The maximum Gasteiger partial charge on any atom is 0.272 e.